The molecule has 0 fully saturated rings. The van der Waals surface area contributed by atoms with Crippen molar-refractivity contribution in [3.8, 4) is 0 Å². The third-order valence-corrected chi connectivity index (χ3v) is 3.25. The molecule has 0 aliphatic heterocycles. The normalized spacial score (nSPS) is 12.4. The molecule has 1 aromatic carbocycles. The van der Waals surface area contributed by atoms with Crippen molar-refractivity contribution in [2.45, 2.75) is 18.9 Å². The summed E-state index contributed by atoms with van der Waals surface area (Å²) >= 11 is 7.72. The first kappa shape index (κ1) is 13.7. The summed E-state index contributed by atoms with van der Waals surface area (Å²) in [6.45, 7) is 0.154. The van der Waals surface area contributed by atoms with Crippen LogP contribution in [0.4, 0.5) is 5.69 Å². The molecule has 2 N–H and O–H groups in total. The average Bonchev–Trinajstić information content (AvgIpc) is 2.28. The first-order valence-electron chi connectivity index (χ1n) is 5.38. The summed E-state index contributed by atoms with van der Waals surface area (Å²) < 4.78 is 0. The number of aliphatic hydroxyl groups excluding tert-OH is 1. The molecule has 2 nitrogen and oxygen atoms in total. The van der Waals surface area contributed by atoms with Crippen LogP contribution in [0.25, 0.3) is 0 Å². The van der Waals surface area contributed by atoms with Gasteiger partial charge in [0.1, 0.15) is 0 Å². The minimum absolute atomic E-state index is 0.116. The molecule has 0 aliphatic carbocycles. The van der Waals surface area contributed by atoms with E-state index in [9.17, 15) is 5.11 Å². The van der Waals surface area contributed by atoms with Gasteiger partial charge < -0.3 is 10.4 Å². The van der Waals surface area contributed by atoms with Gasteiger partial charge >= 0.3 is 0 Å². The van der Waals surface area contributed by atoms with Crippen molar-refractivity contribution >= 4 is 29.1 Å². The maximum Gasteiger partial charge on any atom is 0.0632 e. The molecule has 0 bridgehead atoms. The number of thioether (sulfide) groups is 1. The van der Waals surface area contributed by atoms with Crippen molar-refractivity contribution in [2.24, 2.45) is 0 Å². The zero-order chi connectivity index (χ0) is 11.8. The molecule has 4 heteroatoms. The van der Waals surface area contributed by atoms with Crippen molar-refractivity contribution in [3.63, 3.8) is 0 Å². The van der Waals surface area contributed by atoms with Crippen molar-refractivity contribution < 1.29 is 5.11 Å². The van der Waals surface area contributed by atoms with Crippen LogP contribution in [0.2, 0.25) is 5.02 Å². The zero-order valence-corrected chi connectivity index (χ0v) is 11.0. The quantitative estimate of drug-likeness (QED) is 0.738. The fourth-order valence-electron chi connectivity index (χ4n) is 1.50. The second-order valence-corrected chi connectivity index (χ2v) is 5.09. The van der Waals surface area contributed by atoms with Gasteiger partial charge in [-0.1, -0.05) is 17.7 Å². The number of hydrogen-bond donors (Lipinski definition) is 2. The van der Waals surface area contributed by atoms with Gasteiger partial charge in [0.25, 0.3) is 0 Å². The molecule has 0 aromatic heterocycles. The summed E-state index contributed by atoms with van der Waals surface area (Å²) in [6.07, 6.45) is 4.18. The van der Waals surface area contributed by atoms with E-state index < -0.39 is 0 Å². The maximum atomic E-state index is 9.25. The number of aliphatic hydroxyl groups is 1. The van der Waals surface area contributed by atoms with Crippen LogP contribution in [0.3, 0.4) is 0 Å². The van der Waals surface area contributed by atoms with Gasteiger partial charge in [0.15, 0.2) is 0 Å². The van der Waals surface area contributed by atoms with Gasteiger partial charge in [0.2, 0.25) is 0 Å². The van der Waals surface area contributed by atoms with Crippen LogP contribution in [0, 0.1) is 0 Å². The van der Waals surface area contributed by atoms with Gasteiger partial charge in [-0.25, -0.2) is 0 Å². The van der Waals surface area contributed by atoms with E-state index in [1.54, 1.807) is 0 Å². The van der Waals surface area contributed by atoms with E-state index in [0.717, 1.165) is 24.3 Å². The smallest absolute Gasteiger partial charge is 0.0632 e. The van der Waals surface area contributed by atoms with Crippen LogP contribution < -0.4 is 5.32 Å². The Kier molecular flexibility index (Phi) is 6.69. The van der Waals surface area contributed by atoms with E-state index in [1.165, 1.54) is 0 Å². The molecule has 0 amide bonds. The third-order valence-electron chi connectivity index (χ3n) is 2.32. The van der Waals surface area contributed by atoms with Crippen LogP contribution >= 0.6 is 23.4 Å². The second-order valence-electron chi connectivity index (χ2n) is 3.67. The van der Waals surface area contributed by atoms with Crippen molar-refractivity contribution in [1.29, 1.82) is 0 Å². The lowest BCUT2D eigenvalue weighted by molar-refractivity contribution is 0.268. The van der Waals surface area contributed by atoms with Gasteiger partial charge in [-0.15, -0.1) is 0 Å². The Morgan fingerprint density at radius 2 is 2.31 bits per heavy atom. The molecule has 1 rings (SSSR count). The van der Waals surface area contributed by atoms with E-state index in [0.29, 0.717) is 5.02 Å². The van der Waals surface area contributed by atoms with Gasteiger partial charge in [0, 0.05) is 16.8 Å². The Labute approximate surface area is 106 Å². The highest BCUT2D eigenvalue weighted by Crippen LogP contribution is 2.17. The van der Waals surface area contributed by atoms with Gasteiger partial charge in [-0.05, 0) is 43.0 Å². The Hall–Kier alpha value is -0.380. The summed E-state index contributed by atoms with van der Waals surface area (Å²) in [5, 5.41) is 13.3. The molecule has 1 aromatic rings. The summed E-state index contributed by atoms with van der Waals surface area (Å²) in [5.41, 5.74) is 0.968. The first-order chi connectivity index (χ1) is 7.76. The van der Waals surface area contributed by atoms with Crippen LogP contribution in [0.1, 0.15) is 12.8 Å². The number of nitrogens with one attached hydrogen (secondary N) is 1. The summed E-state index contributed by atoms with van der Waals surface area (Å²) in [7, 11) is 0. The van der Waals surface area contributed by atoms with Crippen molar-refractivity contribution in [1.82, 2.24) is 0 Å². The average molecular weight is 260 g/mol. The molecule has 0 saturated heterocycles. The topological polar surface area (TPSA) is 32.3 Å². The Bertz CT molecular complexity index is 309. The van der Waals surface area contributed by atoms with E-state index in [1.807, 2.05) is 36.0 Å². The predicted octanol–water partition coefficient (Wildman–Crippen LogP) is 3.26. The molecule has 0 heterocycles. The van der Waals surface area contributed by atoms with Crippen LogP contribution in [0.5, 0.6) is 0 Å². The first-order valence-corrected chi connectivity index (χ1v) is 7.15. The van der Waals surface area contributed by atoms with Crippen LogP contribution in [-0.4, -0.2) is 29.8 Å². The third kappa shape index (κ3) is 5.10. The van der Waals surface area contributed by atoms with E-state index in [4.69, 9.17) is 11.6 Å². The standard InChI is InChI=1S/C12H18ClNOS/c1-16-7-3-6-12(9-15)14-11-5-2-4-10(13)8-11/h2,4-5,8,12,14-15H,3,6-7,9H2,1H3. The Morgan fingerprint density at radius 1 is 1.50 bits per heavy atom. The molecular formula is C12H18ClNOS. The number of hydrogen-bond acceptors (Lipinski definition) is 3. The second kappa shape index (κ2) is 7.82. The molecular weight excluding hydrogens is 242 g/mol. The maximum absolute atomic E-state index is 9.25. The monoisotopic (exact) mass is 259 g/mol. The van der Waals surface area contributed by atoms with E-state index >= 15 is 0 Å². The number of rotatable bonds is 7. The highest BCUT2D eigenvalue weighted by molar-refractivity contribution is 7.98. The van der Waals surface area contributed by atoms with Crippen molar-refractivity contribution in [2.75, 3.05) is 23.9 Å². The molecule has 90 valence electrons. The minimum atomic E-state index is 0.116. The highest BCUT2D eigenvalue weighted by atomic mass is 35.5. The minimum Gasteiger partial charge on any atom is -0.394 e. The van der Waals surface area contributed by atoms with Gasteiger partial charge in [-0.3, -0.25) is 0 Å². The Morgan fingerprint density at radius 3 is 2.94 bits per heavy atom. The molecule has 0 radical (unpaired) electrons. The van der Waals surface area contributed by atoms with Crippen LogP contribution in [-0.2, 0) is 0 Å². The largest absolute Gasteiger partial charge is 0.394 e. The van der Waals surface area contributed by atoms with Crippen LogP contribution in [0.15, 0.2) is 24.3 Å². The lowest BCUT2D eigenvalue weighted by Crippen LogP contribution is -2.23. The number of halogens is 1. The number of anilines is 1. The van der Waals surface area contributed by atoms with Crippen molar-refractivity contribution in [3.05, 3.63) is 29.3 Å². The zero-order valence-electron chi connectivity index (χ0n) is 9.45. The summed E-state index contributed by atoms with van der Waals surface area (Å²) in [5.74, 6) is 1.13. The molecule has 0 aliphatic rings. The van der Waals surface area contributed by atoms with E-state index in [2.05, 4.69) is 11.6 Å². The molecule has 1 atom stereocenters. The fourth-order valence-corrected chi connectivity index (χ4v) is 2.14. The molecule has 0 spiro atoms. The number of benzene rings is 1. The summed E-state index contributed by atoms with van der Waals surface area (Å²) in [6, 6.07) is 7.70. The predicted molar refractivity (Wildman–Crippen MR) is 73.6 cm³/mol. The molecule has 1 unspecified atom stereocenters. The summed E-state index contributed by atoms with van der Waals surface area (Å²) in [4.78, 5) is 0. The molecule has 0 saturated carbocycles. The Balaban J connectivity index is 2.43. The highest BCUT2D eigenvalue weighted by Gasteiger charge is 2.06. The lowest BCUT2D eigenvalue weighted by atomic mass is 10.1. The SMILES string of the molecule is CSCCCC(CO)Nc1cccc(Cl)c1. The lowest BCUT2D eigenvalue weighted by Gasteiger charge is -2.17. The van der Waals surface area contributed by atoms with E-state index in [-0.39, 0.29) is 12.6 Å². The van der Waals surface area contributed by atoms with Gasteiger partial charge in [-0.2, -0.15) is 11.8 Å². The fraction of sp³-hybridized carbons (Fsp3) is 0.500. The molecule has 16 heavy (non-hydrogen) atoms. The van der Waals surface area contributed by atoms with Gasteiger partial charge in [0.05, 0.1) is 6.61 Å².